The highest BCUT2D eigenvalue weighted by molar-refractivity contribution is 5.98. The molecule has 1 atom stereocenters. The number of likely N-dealkylation sites (tertiary alicyclic amines) is 1. The van der Waals surface area contributed by atoms with Gasteiger partial charge in [-0.25, -0.2) is 9.82 Å². The Labute approximate surface area is 171 Å². The second-order valence-corrected chi connectivity index (χ2v) is 7.02. The summed E-state index contributed by atoms with van der Waals surface area (Å²) in [5, 5.41) is 11.6. The summed E-state index contributed by atoms with van der Waals surface area (Å²) in [5.74, 6) is 5.99. The van der Waals surface area contributed by atoms with E-state index < -0.39 is 5.23 Å². The normalized spacial score (nSPS) is 14.8. The number of pyridine rings is 1. The van der Waals surface area contributed by atoms with Crippen LogP contribution in [0.4, 0.5) is 5.69 Å². The van der Waals surface area contributed by atoms with Crippen LogP contribution in [0.5, 0.6) is 0 Å². The zero-order valence-corrected chi connectivity index (χ0v) is 17.0. The number of rotatable bonds is 3. The fraction of sp³-hybridized carbons (Fsp3) is 0.304. The van der Waals surface area contributed by atoms with Crippen molar-refractivity contribution in [3.8, 4) is 11.8 Å². The molecule has 0 spiro atoms. The first-order valence-corrected chi connectivity index (χ1v) is 9.60. The van der Waals surface area contributed by atoms with Crippen LogP contribution in [-0.4, -0.2) is 36.0 Å². The minimum absolute atomic E-state index is 0.136. The van der Waals surface area contributed by atoms with Crippen LogP contribution in [0.3, 0.4) is 0 Å². The molecule has 150 valence electrons. The van der Waals surface area contributed by atoms with Gasteiger partial charge < -0.3 is 10.1 Å². The van der Waals surface area contributed by atoms with E-state index in [9.17, 15) is 10.0 Å². The van der Waals surface area contributed by atoms with Gasteiger partial charge >= 0.3 is 0 Å². The Morgan fingerprint density at radius 1 is 1.21 bits per heavy atom. The van der Waals surface area contributed by atoms with Gasteiger partial charge in [-0.3, -0.25) is 4.79 Å². The Kier molecular flexibility index (Phi) is 6.78. The van der Waals surface area contributed by atoms with Gasteiger partial charge in [-0.05, 0) is 56.9 Å². The number of amides is 1. The van der Waals surface area contributed by atoms with Gasteiger partial charge in [-0.2, -0.15) is 5.23 Å². The van der Waals surface area contributed by atoms with Crippen molar-refractivity contribution >= 4 is 11.6 Å². The van der Waals surface area contributed by atoms with Gasteiger partial charge in [0.2, 0.25) is 0 Å². The second kappa shape index (κ2) is 9.48. The van der Waals surface area contributed by atoms with Gasteiger partial charge in [0.1, 0.15) is 11.3 Å². The molecule has 1 saturated heterocycles. The highest BCUT2D eigenvalue weighted by atomic mass is 16.9. The number of quaternary nitrogens is 1. The molecule has 6 heteroatoms. The van der Waals surface area contributed by atoms with Crippen molar-refractivity contribution in [2.75, 3.05) is 20.2 Å². The molecule has 6 nitrogen and oxygen atoms in total. The standard InChI is InChI=1S/C23H25N3O3/c1-17-7-4-12-21(22(17)26(28)29-3)23(27)25-15-13-19(14-16-25)9-6-11-20-10-5-8-18(2)24-20/h4-5,7-10,12,26H,13-16H2,1-3H3. The highest BCUT2D eigenvalue weighted by Gasteiger charge is 2.26. The number of aromatic nitrogens is 1. The summed E-state index contributed by atoms with van der Waals surface area (Å²) < 4.78 is 0. The number of hydrogen-bond acceptors (Lipinski definition) is 4. The lowest BCUT2D eigenvalue weighted by Crippen LogP contribution is -3.01. The van der Waals surface area contributed by atoms with Crippen LogP contribution < -0.4 is 5.23 Å². The summed E-state index contributed by atoms with van der Waals surface area (Å²) >= 11 is 0. The Morgan fingerprint density at radius 3 is 2.62 bits per heavy atom. The van der Waals surface area contributed by atoms with Crippen LogP contribution in [-0.2, 0) is 4.84 Å². The van der Waals surface area contributed by atoms with E-state index in [1.54, 1.807) is 17.0 Å². The van der Waals surface area contributed by atoms with Crippen LogP contribution in [0.15, 0.2) is 48.0 Å². The molecule has 1 amide bonds. The average molecular weight is 391 g/mol. The van der Waals surface area contributed by atoms with Crippen LogP contribution in [0.1, 0.15) is 40.2 Å². The molecule has 1 aliphatic rings. The van der Waals surface area contributed by atoms with Crippen molar-refractivity contribution in [3.63, 3.8) is 0 Å². The summed E-state index contributed by atoms with van der Waals surface area (Å²) in [5.41, 5.74) is 4.39. The van der Waals surface area contributed by atoms with E-state index >= 15 is 0 Å². The van der Waals surface area contributed by atoms with E-state index in [1.165, 1.54) is 12.7 Å². The van der Waals surface area contributed by atoms with Crippen molar-refractivity contribution in [1.82, 2.24) is 9.88 Å². The predicted octanol–water partition coefficient (Wildman–Crippen LogP) is 2.49. The molecule has 0 aliphatic carbocycles. The molecule has 0 bridgehead atoms. The quantitative estimate of drug-likeness (QED) is 0.645. The predicted molar refractivity (Wildman–Crippen MR) is 111 cm³/mol. The minimum Gasteiger partial charge on any atom is -0.595 e. The Bertz CT molecular complexity index is 978. The Morgan fingerprint density at radius 2 is 1.93 bits per heavy atom. The zero-order valence-electron chi connectivity index (χ0n) is 17.0. The lowest BCUT2D eigenvalue weighted by molar-refractivity contribution is -0.992. The number of aryl methyl sites for hydroxylation is 2. The highest BCUT2D eigenvalue weighted by Crippen LogP contribution is 2.22. The molecule has 1 aromatic carbocycles. The van der Waals surface area contributed by atoms with Crippen molar-refractivity contribution in [2.24, 2.45) is 0 Å². The molecule has 1 N–H and O–H groups in total. The SMILES string of the molecule is CO[NH+]([O-])c1c(C)cccc1C(=O)N1CCC(=CC#Cc2cccc(C)n2)CC1. The molecule has 0 saturated carbocycles. The number of nitrogens with one attached hydrogen (secondary N) is 1. The largest absolute Gasteiger partial charge is 0.595 e. The Hall–Kier alpha value is -2.98. The second-order valence-electron chi connectivity index (χ2n) is 7.02. The lowest BCUT2D eigenvalue weighted by Gasteiger charge is -2.29. The average Bonchev–Trinajstić information content (AvgIpc) is 2.73. The van der Waals surface area contributed by atoms with Crippen LogP contribution in [0.2, 0.25) is 0 Å². The maximum Gasteiger partial charge on any atom is 0.260 e. The number of nitrogens with zero attached hydrogens (tertiary/aromatic N) is 2. The number of carbonyl (C=O) groups is 1. The molecular formula is C23H25N3O3. The molecule has 1 aliphatic heterocycles. The summed E-state index contributed by atoms with van der Waals surface area (Å²) in [6, 6.07) is 11.1. The van der Waals surface area contributed by atoms with Crippen molar-refractivity contribution in [3.05, 3.63) is 75.8 Å². The van der Waals surface area contributed by atoms with Gasteiger partial charge in [0, 0.05) is 24.3 Å². The number of benzene rings is 1. The molecule has 2 heterocycles. The summed E-state index contributed by atoms with van der Waals surface area (Å²) in [7, 11) is 1.33. The van der Waals surface area contributed by atoms with E-state index in [0.717, 1.165) is 29.8 Å². The van der Waals surface area contributed by atoms with E-state index in [0.29, 0.717) is 24.3 Å². The Balaban J connectivity index is 1.67. The number of allylic oxidation sites excluding steroid dienone is 1. The third-order valence-corrected chi connectivity index (χ3v) is 4.95. The maximum absolute atomic E-state index is 13.0. The van der Waals surface area contributed by atoms with Crippen molar-refractivity contribution in [2.45, 2.75) is 26.7 Å². The number of piperidine rings is 1. The molecular weight excluding hydrogens is 366 g/mol. The van der Waals surface area contributed by atoms with Gasteiger partial charge in [0.05, 0.1) is 7.11 Å². The molecule has 1 fully saturated rings. The van der Waals surface area contributed by atoms with Crippen LogP contribution in [0, 0.1) is 30.9 Å². The first-order chi connectivity index (χ1) is 14.0. The molecule has 3 rings (SSSR count). The monoisotopic (exact) mass is 391 g/mol. The smallest absolute Gasteiger partial charge is 0.260 e. The van der Waals surface area contributed by atoms with E-state index in [1.807, 2.05) is 44.2 Å². The van der Waals surface area contributed by atoms with E-state index in [-0.39, 0.29) is 5.91 Å². The topological polar surface area (TPSA) is 69.9 Å². The zero-order chi connectivity index (χ0) is 20.8. The molecule has 0 radical (unpaired) electrons. The first-order valence-electron chi connectivity index (χ1n) is 9.60. The molecule has 2 aromatic rings. The molecule has 29 heavy (non-hydrogen) atoms. The van der Waals surface area contributed by atoms with Crippen LogP contribution in [0.25, 0.3) is 0 Å². The summed E-state index contributed by atoms with van der Waals surface area (Å²) in [6.45, 7) is 4.95. The number of hydrogen-bond donors (Lipinski definition) is 1. The summed E-state index contributed by atoms with van der Waals surface area (Å²) in [4.78, 5) is 24.0. The van der Waals surface area contributed by atoms with E-state index in [2.05, 4.69) is 16.8 Å². The van der Waals surface area contributed by atoms with Crippen molar-refractivity contribution < 1.29 is 14.9 Å². The van der Waals surface area contributed by atoms with E-state index in [4.69, 9.17) is 4.84 Å². The van der Waals surface area contributed by atoms with Gasteiger partial charge in [-0.1, -0.05) is 29.7 Å². The van der Waals surface area contributed by atoms with Gasteiger partial charge in [0.25, 0.3) is 5.91 Å². The maximum atomic E-state index is 13.0. The fourth-order valence-corrected chi connectivity index (χ4v) is 3.36. The van der Waals surface area contributed by atoms with Crippen molar-refractivity contribution in [1.29, 1.82) is 0 Å². The van der Waals surface area contributed by atoms with Crippen LogP contribution >= 0.6 is 0 Å². The third kappa shape index (κ3) is 5.09. The lowest BCUT2D eigenvalue weighted by atomic mass is 10.0. The van der Waals surface area contributed by atoms with Gasteiger partial charge in [0.15, 0.2) is 5.69 Å². The molecule has 1 unspecified atom stereocenters. The third-order valence-electron chi connectivity index (χ3n) is 4.95. The summed E-state index contributed by atoms with van der Waals surface area (Å²) in [6.07, 6.45) is 3.46. The van der Waals surface area contributed by atoms with Gasteiger partial charge in [-0.15, -0.1) is 0 Å². The minimum atomic E-state index is -0.482. The molecule has 1 aromatic heterocycles. The fourth-order valence-electron chi connectivity index (χ4n) is 3.36. The number of carbonyl (C=O) groups excluding carboxylic acids is 1. The first kappa shape index (κ1) is 20.7.